The second-order valence-corrected chi connectivity index (χ2v) is 8.06. The summed E-state index contributed by atoms with van der Waals surface area (Å²) in [5, 5.41) is 11.8. The molecular formula is C25H30N4O4. The lowest BCUT2D eigenvalue weighted by Gasteiger charge is -2.14. The van der Waals surface area contributed by atoms with Crippen LogP contribution in [-0.2, 0) is 24.2 Å². The SMILES string of the molecule is COc1cc(CCC(=O)Nc2cccc(-c3nnc4n3CCCCC4)c2)cc(OC)c1OC. The molecule has 1 N–H and O–H groups in total. The Kier molecular flexibility index (Phi) is 7.12. The lowest BCUT2D eigenvalue weighted by atomic mass is 10.1. The molecule has 1 aliphatic heterocycles. The van der Waals surface area contributed by atoms with E-state index < -0.39 is 0 Å². The van der Waals surface area contributed by atoms with Gasteiger partial charge in [-0.15, -0.1) is 10.2 Å². The number of hydrogen-bond acceptors (Lipinski definition) is 6. The van der Waals surface area contributed by atoms with Crippen LogP contribution in [0.5, 0.6) is 17.2 Å². The number of rotatable bonds is 8. The van der Waals surface area contributed by atoms with E-state index in [0.29, 0.717) is 30.1 Å². The minimum atomic E-state index is -0.0685. The standard InChI is InChI=1S/C25H30N4O4/c1-31-20-14-17(15-21(32-2)24(20)33-3)11-12-23(30)26-19-9-7-8-18(16-19)25-28-27-22-10-5-4-6-13-29(22)25/h7-9,14-16H,4-6,10-13H2,1-3H3,(H,26,30). The summed E-state index contributed by atoms with van der Waals surface area (Å²) >= 11 is 0. The third kappa shape index (κ3) is 5.10. The predicted octanol–water partition coefficient (Wildman–Crippen LogP) is 4.27. The van der Waals surface area contributed by atoms with E-state index in [1.165, 1.54) is 6.42 Å². The molecule has 174 valence electrons. The first-order chi connectivity index (χ1) is 16.1. The Bertz CT molecular complexity index is 1100. The molecule has 0 atom stereocenters. The van der Waals surface area contributed by atoms with Crippen LogP contribution >= 0.6 is 0 Å². The normalized spacial score (nSPS) is 13.1. The molecule has 1 amide bonds. The van der Waals surface area contributed by atoms with Crippen LogP contribution in [0.4, 0.5) is 5.69 Å². The number of carbonyl (C=O) groups is 1. The molecular weight excluding hydrogens is 420 g/mol. The van der Waals surface area contributed by atoms with Gasteiger partial charge in [0.05, 0.1) is 21.3 Å². The monoisotopic (exact) mass is 450 g/mol. The van der Waals surface area contributed by atoms with Crippen molar-refractivity contribution in [3.63, 3.8) is 0 Å². The highest BCUT2D eigenvalue weighted by Crippen LogP contribution is 2.38. The molecule has 0 aliphatic carbocycles. The topological polar surface area (TPSA) is 87.5 Å². The third-order valence-corrected chi connectivity index (χ3v) is 5.88. The second-order valence-electron chi connectivity index (χ2n) is 8.06. The van der Waals surface area contributed by atoms with Gasteiger partial charge in [0.1, 0.15) is 5.82 Å². The summed E-state index contributed by atoms with van der Waals surface area (Å²) in [5.74, 6) is 3.53. The molecule has 0 spiro atoms. The molecule has 2 aromatic carbocycles. The zero-order valence-electron chi connectivity index (χ0n) is 19.4. The van der Waals surface area contributed by atoms with Gasteiger partial charge < -0.3 is 24.1 Å². The number of nitrogens with zero attached hydrogens (tertiary/aromatic N) is 3. The molecule has 8 nitrogen and oxygen atoms in total. The Morgan fingerprint density at radius 2 is 1.79 bits per heavy atom. The summed E-state index contributed by atoms with van der Waals surface area (Å²) in [5.41, 5.74) is 2.63. The predicted molar refractivity (Wildman–Crippen MR) is 126 cm³/mol. The van der Waals surface area contributed by atoms with E-state index in [1.54, 1.807) is 21.3 Å². The van der Waals surface area contributed by atoms with Gasteiger partial charge in [-0.05, 0) is 49.1 Å². The Morgan fingerprint density at radius 1 is 1.00 bits per heavy atom. The molecule has 0 bridgehead atoms. The van der Waals surface area contributed by atoms with Gasteiger partial charge in [0, 0.05) is 30.6 Å². The van der Waals surface area contributed by atoms with Gasteiger partial charge >= 0.3 is 0 Å². The van der Waals surface area contributed by atoms with Gasteiger partial charge in [0.2, 0.25) is 11.7 Å². The second kappa shape index (κ2) is 10.4. The van der Waals surface area contributed by atoms with Crippen molar-refractivity contribution in [1.29, 1.82) is 0 Å². The van der Waals surface area contributed by atoms with Crippen molar-refractivity contribution in [2.75, 3.05) is 26.6 Å². The fraction of sp³-hybridized carbons (Fsp3) is 0.400. The number of carbonyl (C=O) groups excluding carboxylic acids is 1. The average Bonchev–Trinajstić information content (AvgIpc) is 3.10. The number of aromatic nitrogens is 3. The van der Waals surface area contributed by atoms with Crippen molar-refractivity contribution >= 4 is 11.6 Å². The number of nitrogens with one attached hydrogen (secondary N) is 1. The van der Waals surface area contributed by atoms with Gasteiger partial charge in [-0.25, -0.2) is 0 Å². The molecule has 3 aromatic rings. The fourth-order valence-electron chi connectivity index (χ4n) is 4.20. The summed E-state index contributed by atoms with van der Waals surface area (Å²) in [7, 11) is 4.72. The molecule has 0 saturated heterocycles. The lowest BCUT2D eigenvalue weighted by Crippen LogP contribution is -2.12. The largest absolute Gasteiger partial charge is 0.493 e. The number of hydrogen-bond donors (Lipinski definition) is 1. The maximum Gasteiger partial charge on any atom is 0.224 e. The van der Waals surface area contributed by atoms with Crippen LogP contribution in [0.1, 0.15) is 37.1 Å². The van der Waals surface area contributed by atoms with E-state index in [0.717, 1.165) is 54.3 Å². The quantitative estimate of drug-likeness (QED) is 0.552. The molecule has 0 fully saturated rings. The van der Waals surface area contributed by atoms with E-state index in [-0.39, 0.29) is 5.91 Å². The smallest absolute Gasteiger partial charge is 0.224 e. The molecule has 0 saturated carbocycles. The summed E-state index contributed by atoms with van der Waals surface area (Å²) in [6, 6.07) is 11.5. The fourth-order valence-corrected chi connectivity index (χ4v) is 4.20. The highest BCUT2D eigenvalue weighted by Gasteiger charge is 2.17. The van der Waals surface area contributed by atoms with Crippen LogP contribution in [0.3, 0.4) is 0 Å². The number of methoxy groups -OCH3 is 3. The van der Waals surface area contributed by atoms with Crippen molar-refractivity contribution in [2.24, 2.45) is 0 Å². The molecule has 33 heavy (non-hydrogen) atoms. The van der Waals surface area contributed by atoms with E-state index >= 15 is 0 Å². The molecule has 2 heterocycles. The molecule has 0 unspecified atom stereocenters. The molecule has 4 rings (SSSR count). The Balaban J connectivity index is 1.44. The van der Waals surface area contributed by atoms with Gasteiger partial charge in [-0.3, -0.25) is 4.79 Å². The maximum absolute atomic E-state index is 12.7. The van der Waals surface area contributed by atoms with Crippen LogP contribution in [-0.4, -0.2) is 42.0 Å². The number of amides is 1. The van der Waals surface area contributed by atoms with Crippen LogP contribution in [0.15, 0.2) is 36.4 Å². The van der Waals surface area contributed by atoms with Gasteiger partial charge in [-0.1, -0.05) is 18.6 Å². The van der Waals surface area contributed by atoms with Crippen molar-refractivity contribution in [3.8, 4) is 28.6 Å². The molecule has 1 aliphatic rings. The van der Waals surface area contributed by atoms with E-state index in [1.807, 2.05) is 36.4 Å². The maximum atomic E-state index is 12.7. The first-order valence-electron chi connectivity index (χ1n) is 11.2. The average molecular weight is 451 g/mol. The summed E-state index contributed by atoms with van der Waals surface area (Å²) in [4.78, 5) is 12.7. The minimum Gasteiger partial charge on any atom is -0.493 e. The van der Waals surface area contributed by atoms with Crippen molar-refractivity contribution < 1.29 is 19.0 Å². The van der Waals surface area contributed by atoms with Gasteiger partial charge in [0.15, 0.2) is 17.3 Å². The lowest BCUT2D eigenvalue weighted by molar-refractivity contribution is -0.116. The number of benzene rings is 2. The number of ether oxygens (including phenoxy) is 3. The van der Waals surface area contributed by atoms with Crippen molar-refractivity contribution in [2.45, 2.75) is 45.1 Å². The summed E-state index contributed by atoms with van der Waals surface area (Å²) in [6.45, 7) is 0.934. The highest BCUT2D eigenvalue weighted by atomic mass is 16.5. The molecule has 1 aromatic heterocycles. The number of aryl methyl sites for hydroxylation is 2. The van der Waals surface area contributed by atoms with Crippen LogP contribution < -0.4 is 19.5 Å². The van der Waals surface area contributed by atoms with Crippen molar-refractivity contribution in [1.82, 2.24) is 14.8 Å². The highest BCUT2D eigenvalue weighted by molar-refractivity contribution is 5.91. The number of anilines is 1. The molecule has 8 heteroatoms. The summed E-state index contributed by atoms with van der Waals surface area (Å²) < 4.78 is 18.4. The first kappa shape index (κ1) is 22.6. The molecule has 0 radical (unpaired) electrons. The van der Waals surface area contributed by atoms with E-state index in [4.69, 9.17) is 14.2 Å². The van der Waals surface area contributed by atoms with E-state index in [2.05, 4.69) is 20.1 Å². The van der Waals surface area contributed by atoms with E-state index in [9.17, 15) is 4.79 Å². The van der Waals surface area contributed by atoms with Crippen LogP contribution in [0, 0.1) is 0 Å². The Labute approximate surface area is 193 Å². The number of fused-ring (bicyclic) bond motifs is 1. The zero-order valence-corrected chi connectivity index (χ0v) is 19.4. The van der Waals surface area contributed by atoms with Crippen LogP contribution in [0.25, 0.3) is 11.4 Å². The zero-order chi connectivity index (χ0) is 23.2. The Morgan fingerprint density at radius 3 is 2.52 bits per heavy atom. The minimum absolute atomic E-state index is 0.0685. The van der Waals surface area contributed by atoms with Gasteiger partial charge in [0.25, 0.3) is 0 Å². The van der Waals surface area contributed by atoms with Crippen molar-refractivity contribution in [3.05, 3.63) is 47.8 Å². The summed E-state index contributed by atoms with van der Waals surface area (Å²) in [6.07, 6.45) is 5.33. The first-order valence-corrected chi connectivity index (χ1v) is 11.2. The van der Waals surface area contributed by atoms with Gasteiger partial charge in [-0.2, -0.15) is 0 Å². The third-order valence-electron chi connectivity index (χ3n) is 5.88. The van der Waals surface area contributed by atoms with Crippen LogP contribution in [0.2, 0.25) is 0 Å². The Hall–Kier alpha value is -3.55.